The fraction of sp³-hybridized carbons (Fsp3) is 0.875. The Labute approximate surface area is 156 Å². The van der Waals surface area contributed by atoms with E-state index in [1.54, 1.807) is 0 Å². The summed E-state index contributed by atoms with van der Waals surface area (Å²) in [4.78, 5) is 18.4. The normalized spacial score (nSPS) is 21.7. The number of carbonyl (C=O) groups is 1. The third-order valence-corrected chi connectivity index (χ3v) is 4.72. The topological polar surface area (TPSA) is 74.2 Å². The molecule has 0 aromatic carbocycles. The van der Waals surface area contributed by atoms with E-state index in [4.69, 9.17) is 4.74 Å². The van der Waals surface area contributed by atoms with Gasteiger partial charge in [-0.15, -0.1) is 24.0 Å². The molecule has 134 valence electrons. The van der Waals surface area contributed by atoms with Crippen LogP contribution in [0.4, 0.5) is 0 Å². The van der Waals surface area contributed by atoms with Crippen molar-refractivity contribution in [2.45, 2.75) is 51.0 Å². The van der Waals surface area contributed by atoms with Crippen LogP contribution < -0.4 is 5.32 Å². The van der Waals surface area contributed by atoms with E-state index in [1.165, 1.54) is 7.11 Å². The van der Waals surface area contributed by atoms with Crippen LogP contribution in [0.2, 0.25) is 0 Å². The highest BCUT2D eigenvalue weighted by Gasteiger charge is 2.32. The van der Waals surface area contributed by atoms with E-state index >= 15 is 0 Å². The number of carbonyl (C=O) groups excluding carboxylic acids is 1. The Morgan fingerprint density at radius 1 is 1.35 bits per heavy atom. The van der Waals surface area contributed by atoms with Gasteiger partial charge in [0, 0.05) is 19.6 Å². The number of guanidine groups is 1. The van der Waals surface area contributed by atoms with Crippen molar-refractivity contribution in [3.8, 4) is 0 Å². The standard InChI is InChI=1S/C16H29N3O3.HI/c1-3-17-15(18-12-16(21)8-4-5-9-16)19-10-6-13(7-11-19)14(20)22-2;/h13,21H,3-12H2,1-2H3,(H,17,18);1H. The van der Waals surface area contributed by atoms with Crippen LogP contribution in [-0.2, 0) is 9.53 Å². The summed E-state index contributed by atoms with van der Waals surface area (Å²) in [7, 11) is 1.45. The van der Waals surface area contributed by atoms with Crippen LogP contribution in [0.15, 0.2) is 4.99 Å². The molecule has 2 fully saturated rings. The molecule has 1 heterocycles. The molecule has 2 aliphatic rings. The molecule has 0 amide bonds. The number of nitrogens with one attached hydrogen (secondary N) is 1. The summed E-state index contributed by atoms with van der Waals surface area (Å²) in [6.07, 6.45) is 5.46. The quantitative estimate of drug-likeness (QED) is 0.302. The fourth-order valence-electron chi connectivity index (χ4n) is 3.33. The predicted octanol–water partition coefficient (Wildman–Crippen LogP) is 1.76. The fourth-order valence-corrected chi connectivity index (χ4v) is 3.33. The van der Waals surface area contributed by atoms with Gasteiger partial charge >= 0.3 is 5.97 Å². The van der Waals surface area contributed by atoms with Gasteiger partial charge in [-0.25, -0.2) is 0 Å². The zero-order chi connectivity index (χ0) is 16.0. The predicted molar refractivity (Wildman–Crippen MR) is 101 cm³/mol. The number of likely N-dealkylation sites (tertiary alicyclic amines) is 1. The number of aliphatic hydroxyl groups is 1. The number of hydrogen-bond donors (Lipinski definition) is 2. The van der Waals surface area contributed by atoms with Crippen molar-refractivity contribution < 1.29 is 14.6 Å². The summed E-state index contributed by atoms with van der Waals surface area (Å²) < 4.78 is 4.82. The number of ether oxygens (including phenoxy) is 1. The van der Waals surface area contributed by atoms with Crippen LogP contribution in [0.3, 0.4) is 0 Å². The zero-order valence-electron chi connectivity index (χ0n) is 14.2. The Bertz CT molecular complexity index is 403. The highest BCUT2D eigenvalue weighted by atomic mass is 127. The summed E-state index contributed by atoms with van der Waals surface area (Å²) in [5, 5.41) is 13.7. The number of halogens is 1. The van der Waals surface area contributed by atoms with E-state index in [2.05, 4.69) is 15.2 Å². The molecule has 0 spiro atoms. The molecular weight excluding hydrogens is 409 g/mol. The van der Waals surface area contributed by atoms with Crippen LogP contribution >= 0.6 is 24.0 Å². The molecule has 7 heteroatoms. The average Bonchev–Trinajstić information content (AvgIpc) is 2.98. The van der Waals surface area contributed by atoms with Gasteiger partial charge in [-0.3, -0.25) is 9.79 Å². The maximum Gasteiger partial charge on any atom is 0.308 e. The summed E-state index contributed by atoms with van der Waals surface area (Å²) in [6, 6.07) is 0. The van der Waals surface area contributed by atoms with Gasteiger partial charge in [0.2, 0.25) is 0 Å². The van der Waals surface area contributed by atoms with Crippen LogP contribution in [-0.4, -0.2) is 60.8 Å². The summed E-state index contributed by atoms with van der Waals surface area (Å²) in [5.41, 5.74) is -0.620. The minimum atomic E-state index is -0.620. The van der Waals surface area contributed by atoms with Gasteiger partial charge < -0.3 is 20.1 Å². The third-order valence-electron chi connectivity index (χ3n) is 4.72. The highest BCUT2D eigenvalue weighted by Crippen LogP contribution is 2.29. The Morgan fingerprint density at radius 3 is 2.48 bits per heavy atom. The third kappa shape index (κ3) is 5.77. The summed E-state index contributed by atoms with van der Waals surface area (Å²) in [6.45, 7) is 4.90. The first-order valence-corrected chi connectivity index (χ1v) is 8.41. The largest absolute Gasteiger partial charge is 0.469 e. The number of rotatable bonds is 4. The first-order chi connectivity index (χ1) is 10.6. The molecule has 1 saturated heterocycles. The van der Waals surface area contributed by atoms with Crippen molar-refractivity contribution in [3.05, 3.63) is 0 Å². The first kappa shape index (κ1) is 20.5. The number of nitrogens with zero attached hydrogens (tertiary/aromatic N) is 2. The number of esters is 1. The Hall–Kier alpha value is -0.570. The van der Waals surface area contributed by atoms with Gasteiger partial charge in [0.1, 0.15) is 0 Å². The van der Waals surface area contributed by atoms with E-state index in [0.717, 1.165) is 64.1 Å². The lowest BCUT2D eigenvalue weighted by molar-refractivity contribution is -0.146. The second-order valence-corrected chi connectivity index (χ2v) is 6.39. The molecular formula is C16H30IN3O3. The molecule has 0 aromatic rings. The van der Waals surface area contributed by atoms with Gasteiger partial charge in [-0.2, -0.15) is 0 Å². The van der Waals surface area contributed by atoms with E-state index < -0.39 is 5.60 Å². The van der Waals surface area contributed by atoms with E-state index in [1.807, 2.05) is 6.92 Å². The van der Waals surface area contributed by atoms with Crippen molar-refractivity contribution in [1.82, 2.24) is 10.2 Å². The van der Waals surface area contributed by atoms with Crippen molar-refractivity contribution in [3.63, 3.8) is 0 Å². The number of piperidine rings is 1. The molecule has 2 N–H and O–H groups in total. The number of methoxy groups -OCH3 is 1. The Kier molecular flexibility index (Phi) is 8.60. The van der Waals surface area contributed by atoms with E-state index in [0.29, 0.717) is 6.54 Å². The molecule has 0 radical (unpaired) electrons. The second-order valence-electron chi connectivity index (χ2n) is 6.39. The van der Waals surface area contributed by atoms with Gasteiger partial charge in [-0.05, 0) is 32.6 Å². The lowest BCUT2D eigenvalue weighted by Crippen LogP contribution is -2.47. The zero-order valence-corrected chi connectivity index (χ0v) is 16.5. The second kappa shape index (κ2) is 9.66. The van der Waals surface area contributed by atoms with Crippen LogP contribution in [0, 0.1) is 5.92 Å². The molecule has 1 aliphatic carbocycles. The Morgan fingerprint density at radius 2 is 1.96 bits per heavy atom. The maximum absolute atomic E-state index is 11.6. The Balaban J connectivity index is 0.00000264. The smallest absolute Gasteiger partial charge is 0.308 e. The minimum absolute atomic E-state index is 0. The first-order valence-electron chi connectivity index (χ1n) is 8.41. The molecule has 1 saturated carbocycles. The number of aliphatic imine (C=N–C) groups is 1. The molecule has 23 heavy (non-hydrogen) atoms. The SMILES string of the molecule is CCNC(=NCC1(O)CCCC1)N1CCC(C(=O)OC)CC1.I. The van der Waals surface area contributed by atoms with Crippen molar-refractivity contribution in [1.29, 1.82) is 0 Å². The highest BCUT2D eigenvalue weighted by molar-refractivity contribution is 14.0. The monoisotopic (exact) mass is 439 g/mol. The van der Waals surface area contributed by atoms with E-state index in [9.17, 15) is 9.90 Å². The van der Waals surface area contributed by atoms with Crippen molar-refractivity contribution in [2.75, 3.05) is 33.3 Å². The molecule has 0 atom stereocenters. The lowest BCUT2D eigenvalue weighted by Gasteiger charge is -2.33. The van der Waals surface area contributed by atoms with Gasteiger partial charge in [0.05, 0.1) is 25.2 Å². The molecule has 0 aromatic heterocycles. The van der Waals surface area contributed by atoms with Crippen LogP contribution in [0.1, 0.15) is 45.4 Å². The molecule has 6 nitrogen and oxygen atoms in total. The van der Waals surface area contributed by atoms with E-state index in [-0.39, 0.29) is 35.9 Å². The molecule has 1 aliphatic heterocycles. The lowest BCUT2D eigenvalue weighted by atomic mass is 9.97. The summed E-state index contributed by atoms with van der Waals surface area (Å²) >= 11 is 0. The van der Waals surface area contributed by atoms with Crippen LogP contribution in [0.25, 0.3) is 0 Å². The van der Waals surface area contributed by atoms with Gasteiger partial charge in [0.25, 0.3) is 0 Å². The molecule has 0 bridgehead atoms. The van der Waals surface area contributed by atoms with Crippen molar-refractivity contribution in [2.24, 2.45) is 10.9 Å². The van der Waals surface area contributed by atoms with Crippen LogP contribution in [0.5, 0.6) is 0 Å². The van der Waals surface area contributed by atoms with Gasteiger partial charge in [0.15, 0.2) is 5.96 Å². The van der Waals surface area contributed by atoms with Gasteiger partial charge in [-0.1, -0.05) is 12.8 Å². The average molecular weight is 439 g/mol. The molecule has 0 unspecified atom stereocenters. The maximum atomic E-state index is 11.6. The minimum Gasteiger partial charge on any atom is -0.469 e. The van der Waals surface area contributed by atoms with Crippen molar-refractivity contribution >= 4 is 35.9 Å². The summed E-state index contributed by atoms with van der Waals surface area (Å²) in [5.74, 6) is 0.746. The number of hydrogen-bond acceptors (Lipinski definition) is 4. The molecule has 2 rings (SSSR count).